The third-order valence-electron chi connectivity index (χ3n) is 4.37. The lowest BCUT2D eigenvalue weighted by molar-refractivity contribution is 0.0598. The van der Waals surface area contributed by atoms with E-state index in [1.54, 1.807) is 12.4 Å². The fraction of sp³-hybridized carbons (Fsp3) is 0.312. The molecule has 1 aromatic rings. The van der Waals surface area contributed by atoms with Crippen LogP contribution >= 0.6 is 0 Å². The van der Waals surface area contributed by atoms with Gasteiger partial charge in [-0.15, -0.1) is 0 Å². The summed E-state index contributed by atoms with van der Waals surface area (Å²) in [4.78, 5) is 13.1. The Morgan fingerprint density at radius 3 is 2.15 bits per heavy atom. The minimum Gasteiger partial charge on any atom is -0.452 e. The van der Waals surface area contributed by atoms with Crippen LogP contribution in [0.2, 0.25) is 0 Å². The summed E-state index contributed by atoms with van der Waals surface area (Å²) in [5, 5.41) is 0. The number of rotatable bonds is 0. The molecule has 3 aliphatic rings. The summed E-state index contributed by atoms with van der Waals surface area (Å²) in [5.41, 5.74) is 2.56. The Morgan fingerprint density at radius 2 is 1.65 bits per heavy atom. The number of hydrogen-bond acceptors (Lipinski definition) is 3. The number of amides is 1. The molecular weight excluding hydrogens is 254 g/mol. The standard InChI is InChI=1S/C16H15NO3/c1-19-16(18)17-8-6-12-13(7-9-17)15-11-5-3-2-4-10(11)14(12)20-15/h2-9,12-15H,1H3/t12-,13+,14-,15-/m0/s1. The van der Waals surface area contributed by atoms with E-state index in [1.807, 2.05) is 0 Å². The molecule has 0 aromatic heterocycles. The van der Waals surface area contributed by atoms with Gasteiger partial charge in [-0.1, -0.05) is 36.4 Å². The van der Waals surface area contributed by atoms with Crippen LogP contribution in [0.15, 0.2) is 48.8 Å². The maximum absolute atomic E-state index is 11.6. The third kappa shape index (κ3) is 1.48. The highest BCUT2D eigenvalue weighted by atomic mass is 16.5. The third-order valence-corrected chi connectivity index (χ3v) is 4.37. The van der Waals surface area contributed by atoms with E-state index in [2.05, 4.69) is 36.4 Å². The van der Waals surface area contributed by atoms with Crippen molar-refractivity contribution in [3.8, 4) is 0 Å². The van der Waals surface area contributed by atoms with E-state index < -0.39 is 0 Å². The molecular formula is C16H15NO3. The Labute approximate surface area is 117 Å². The average molecular weight is 269 g/mol. The van der Waals surface area contributed by atoms with Crippen molar-refractivity contribution in [2.24, 2.45) is 11.8 Å². The molecule has 3 aliphatic heterocycles. The summed E-state index contributed by atoms with van der Waals surface area (Å²) in [6, 6.07) is 8.37. The van der Waals surface area contributed by atoms with Crippen molar-refractivity contribution >= 4 is 6.09 Å². The highest BCUT2D eigenvalue weighted by Gasteiger charge is 2.50. The van der Waals surface area contributed by atoms with E-state index in [4.69, 9.17) is 9.47 Å². The van der Waals surface area contributed by atoms with E-state index in [1.165, 1.54) is 23.1 Å². The molecule has 1 fully saturated rings. The minimum atomic E-state index is -0.372. The molecule has 0 saturated carbocycles. The molecule has 0 unspecified atom stereocenters. The first kappa shape index (κ1) is 11.7. The smallest absolute Gasteiger partial charge is 0.417 e. The lowest BCUT2D eigenvalue weighted by atomic mass is 9.76. The Bertz CT molecular complexity index is 577. The summed E-state index contributed by atoms with van der Waals surface area (Å²) in [7, 11) is 1.39. The van der Waals surface area contributed by atoms with Gasteiger partial charge in [-0.25, -0.2) is 4.79 Å². The number of hydrogen-bond donors (Lipinski definition) is 0. The number of ether oxygens (including phenoxy) is 2. The summed E-state index contributed by atoms with van der Waals surface area (Å²) >= 11 is 0. The summed E-state index contributed by atoms with van der Waals surface area (Å²) < 4.78 is 10.9. The minimum absolute atomic E-state index is 0.0969. The van der Waals surface area contributed by atoms with Crippen molar-refractivity contribution in [2.75, 3.05) is 7.11 Å². The first-order chi connectivity index (χ1) is 9.79. The van der Waals surface area contributed by atoms with Crippen molar-refractivity contribution < 1.29 is 14.3 Å². The molecule has 2 bridgehead atoms. The highest BCUT2D eigenvalue weighted by Crippen LogP contribution is 2.58. The van der Waals surface area contributed by atoms with Gasteiger partial charge < -0.3 is 9.47 Å². The molecule has 0 aliphatic carbocycles. The van der Waals surface area contributed by atoms with Crippen LogP contribution in [0.4, 0.5) is 4.79 Å². The monoisotopic (exact) mass is 269 g/mol. The van der Waals surface area contributed by atoms with Crippen molar-refractivity contribution in [3.63, 3.8) is 0 Å². The van der Waals surface area contributed by atoms with Gasteiger partial charge in [0.15, 0.2) is 0 Å². The molecule has 1 amide bonds. The van der Waals surface area contributed by atoms with E-state index in [0.29, 0.717) is 0 Å². The Morgan fingerprint density at radius 1 is 1.10 bits per heavy atom. The summed E-state index contributed by atoms with van der Waals surface area (Å²) in [5.74, 6) is 0.557. The van der Waals surface area contributed by atoms with Gasteiger partial charge in [0.05, 0.1) is 19.3 Å². The highest BCUT2D eigenvalue weighted by molar-refractivity contribution is 5.70. The van der Waals surface area contributed by atoms with Crippen molar-refractivity contribution in [1.82, 2.24) is 4.90 Å². The molecule has 3 heterocycles. The van der Waals surface area contributed by atoms with Gasteiger partial charge in [-0.2, -0.15) is 0 Å². The summed E-state index contributed by atoms with van der Waals surface area (Å²) in [6.45, 7) is 0. The van der Waals surface area contributed by atoms with Crippen LogP contribution in [-0.4, -0.2) is 18.1 Å². The molecule has 1 aromatic carbocycles. The van der Waals surface area contributed by atoms with Crippen LogP contribution < -0.4 is 0 Å². The largest absolute Gasteiger partial charge is 0.452 e. The van der Waals surface area contributed by atoms with Gasteiger partial charge in [-0.05, 0) is 11.1 Å². The number of nitrogens with zero attached hydrogens (tertiary/aromatic N) is 1. The van der Waals surface area contributed by atoms with E-state index >= 15 is 0 Å². The first-order valence-corrected chi connectivity index (χ1v) is 6.77. The van der Waals surface area contributed by atoms with Gasteiger partial charge in [0.1, 0.15) is 0 Å². The van der Waals surface area contributed by atoms with E-state index in [0.717, 1.165) is 0 Å². The SMILES string of the molecule is COC(=O)N1C=C[C@@H]2[C@H](C=C1)[C@H]1O[C@H]2c2ccccc21. The maximum Gasteiger partial charge on any atom is 0.417 e. The zero-order chi connectivity index (χ0) is 13.7. The molecule has 0 radical (unpaired) electrons. The molecule has 4 nitrogen and oxygen atoms in total. The number of carbonyl (C=O) groups is 1. The molecule has 4 atom stereocenters. The van der Waals surface area contributed by atoms with Crippen LogP contribution in [0.5, 0.6) is 0 Å². The van der Waals surface area contributed by atoms with Crippen molar-refractivity contribution in [1.29, 1.82) is 0 Å². The number of methoxy groups -OCH3 is 1. The predicted molar refractivity (Wildman–Crippen MR) is 72.5 cm³/mol. The molecule has 0 spiro atoms. The van der Waals surface area contributed by atoms with Crippen LogP contribution in [0.3, 0.4) is 0 Å². The van der Waals surface area contributed by atoms with Crippen LogP contribution in [0, 0.1) is 11.8 Å². The average Bonchev–Trinajstić information content (AvgIpc) is 2.95. The van der Waals surface area contributed by atoms with Gasteiger partial charge in [-0.3, -0.25) is 4.90 Å². The topological polar surface area (TPSA) is 38.8 Å². The summed E-state index contributed by atoms with van der Waals surface area (Å²) in [6.07, 6.45) is 7.49. The van der Waals surface area contributed by atoms with Gasteiger partial charge in [0.2, 0.25) is 0 Å². The maximum atomic E-state index is 11.6. The zero-order valence-electron chi connectivity index (χ0n) is 11.1. The van der Waals surface area contributed by atoms with Gasteiger partial charge in [0, 0.05) is 24.2 Å². The molecule has 20 heavy (non-hydrogen) atoms. The fourth-order valence-electron chi connectivity index (χ4n) is 3.45. The fourth-order valence-corrected chi connectivity index (χ4v) is 3.45. The van der Waals surface area contributed by atoms with Crippen molar-refractivity contribution in [2.45, 2.75) is 12.2 Å². The van der Waals surface area contributed by atoms with E-state index in [9.17, 15) is 4.79 Å². The van der Waals surface area contributed by atoms with Gasteiger partial charge >= 0.3 is 6.09 Å². The lowest BCUT2D eigenvalue weighted by Crippen LogP contribution is -2.19. The van der Waals surface area contributed by atoms with Crippen LogP contribution in [-0.2, 0) is 9.47 Å². The quantitative estimate of drug-likeness (QED) is 0.726. The second kappa shape index (κ2) is 4.21. The lowest BCUT2D eigenvalue weighted by Gasteiger charge is -2.24. The number of carbonyl (C=O) groups excluding carboxylic acids is 1. The zero-order valence-corrected chi connectivity index (χ0v) is 11.1. The number of benzene rings is 1. The molecule has 4 heteroatoms. The molecule has 4 rings (SSSR count). The first-order valence-electron chi connectivity index (χ1n) is 6.77. The molecule has 102 valence electrons. The van der Waals surface area contributed by atoms with Gasteiger partial charge in [0.25, 0.3) is 0 Å². The van der Waals surface area contributed by atoms with E-state index in [-0.39, 0.29) is 30.1 Å². The molecule has 1 saturated heterocycles. The number of fused-ring (bicyclic) bond motifs is 8. The second-order valence-corrected chi connectivity index (χ2v) is 5.32. The van der Waals surface area contributed by atoms with Crippen LogP contribution in [0.25, 0.3) is 0 Å². The second-order valence-electron chi connectivity index (χ2n) is 5.32. The normalized spacial score (nSPS) is 32.8. The van der Waals surface area contributed by atoms with Crippen molar-refractivity contribution in [3.05, 3.63) is 59.9 Å². The predicted octanol–water partition coefficient (Wildman–Crippen LogP) is 3.15. The molecule has 0 N–H and O–H groups in total. The Hall–Kier alpha value is -2.07. The Balaban J connectivity index is 1.71. The van der Waals surface area contributed by atoms with Crippen LogP contribution in [0.1, 0.15) is 23.3 Å². The Kier molecular flexibility index (Phi) is 2.47.